The second-order valence-electron chi connectivity index (χ2n) is 7.48. The van der Waals surface area contributed by atoms with Gasteiger partial charge in [-0.15, -0.1) is 11.3 Å². The van der Waals surface area contributed by atoms with Gasteiger partial charge in [0.2, 0.25) is 0 Å². The third-order valence-corrected chi connectivity index (χ3v) is 6.84. The number of benzene rings is 1. The summed E-state index contributed by atoms with van der Waals surface area (Å²) in [5, 5.41) is 6.25. The molecule has 0 fully saturated rings. The summed E-state index contributed by atoms with van der Waals surface area (Å²) in [5.41, 5.74) is 3.05. The number of pyridine rings is 1. The van der Waals surface area contributed by atoms with Crippen molar-refractivity contribution in [3.63, 3.8) is 0 Å². The molecule has 0 spiro atoms. The molecular weight excluding hydrogens is 467 g/mol. The van der Waals surface area contributed by atoms with Gasteiger partial charge in [0.15, 0.2) is 0 Å². The van der Waals surface area contributed by atoms with E-state index in [4.69, 9.17) is 32.9 Å². The number of aryl methyl sites for hydroxylation is 2. The Bertz CT molecular complexity index is 1390. The smallest absolute Gasteiger partial charge is 0.292 e. The third-order valence-electron chi connectivity index (χ3n) is 5.04. The summed E-state index contributed by atoms with van der Waals surface area (Å²) < 4.78 is 7.30. The second-order valence-corrected chi connectivity index (χ2v) is 9.30. The van der Waals surface area contributed by atoms with E-state index in [0.717, 1.165) is 39.9 Å². The Labute approximate surface area is 199 Å². The van der Waals surface area contributed by atoms with Crippen LogP contribution in [-0.2, 0) is 17.8 Å². The average Bonchev–Trinajstić information content (AvgIpc) is 3.13. The fourth-order valence-electron chi connectivity index (χ4n) is 3.54. The van der Waals surface area contributed by atoms with E-state index in [0.29, 0.717) is 39.1 Å². The van der Waals surface area contributed by atoms with Gasteiger partial charge in [-0.2, -0.15) is 9.78 Å². The third kappa shape index (κ3) is 4.43. The van der Waals surface area contributed by atoms with Gasteiger partial charge in [0.25, 0.3) is 5.56 Å². The first-order valence-electron chi connectivity index (χ1n) is 10.3. The number of hydrogen-bond donors (Lipinski definition) is 0. The summed E-state index contributed by atoms with van der Waals surface area (Å²) >= 11 is 13.5. The van der Waals surface area contributed by atoms with Crippen LogP contribution >= 0.6 is 34.5 Å². The summed E-state index contributed by atoms with van der Waals surface area (Å²) in [7, 11) is 1.65. The highest BCUT2D eigenvalue weighted by molar-refractivity contribution is 7.25. The average molecular weight is 489 g/mol. The SMILES string of the molecule is CCCCc1nc2c(sc3nc(C)cc(COC)c32)c(=O)n1N=Cc1ccc(Cl)c(Cl)c1. The number of halogens is 2. The van der Waals surface area contributed by atoms with Crippen LogP contribution in [0.25, 0.3) is 20.4 Å². The maximum atomic E-state index is 13.5. The first-order chi connectivity index (χ1) is 15.4. The van der Waals surface area contributed by atoms with Gasteiger partial charge < -0.3 is 4.74 Å². The Morgan fingerprint density at radius 2 is 2.03 bits per heavy atom. The van der Waals surface area contributed by atoms with E-state index in [1.165, 1.54) is 16.0 Å². The molecule has 3 heterocycles. The number of unbranched alkanes of at least 4 members (excludes halogenated alkanes) is 1. The summed E-state index contributed by atoms with van der Waals surface area (Å²) in [5.74, 6) is 0.615. The van der Waals surface area contributed by atoms with Crippen molar-refractivity contribution in [1.82, 2.24) is 14.6 Å². The zero-order chi connectivity index (χ0) is 22.8. The molecule has 0 radical (unpaired) electrons. The molecule has 0 aliphatic rings. The molecule has 3 aromatic heterocycles. The minimum absolute atomic E-state index is 0.207. The van der Waals surface area contributed by atoms with Crippen LogP contribution < -0.4 is 5.56 Å². The van der Waals surface area contributed by atoms with Crippen LogP contribution in [0, 0.1) is 6.92 Å². The summed E-state index contributed by atoms with van der Waals surface area (Å²) in [6.45, 7) is 4.46. The van der Waals surface area contributed by atoms with Gasteiger partial charge in [0.1, 0.15) is 15.4 Å². The Hall–Kier alpha value is -2.32. The first kappa shape index (κ1) is 22.9. The molecule has 0 bridgehead atoms. The van der Waals surface area contributed by atoms with E-state index in [-0.39, 0.29) is 5.56 Å². The monoisotopic (exact) mass is 488 g/mol. The predicted molar refractivity (Wildman–Crippen MR) is 133 cm³/mol. The molecule has 1 aromatic carbocycles. The molecule has 166 valence electrons. The van der Waals surface area contributed by atoms with Crippen LogP contribution in [0.3, 0.4) is 0 Å². The number of methoxy groups -OCH3 is 1. The van der Waals surface area contributed by atoms with E-state index >= 15 is 0 Å². The lowest BCUT2D eigenvalue weighted by Gasteiger charge is -2.08. The van der Waals surface area contributed by atoms with E-state index in [2.05, 4.69) is 17.0 Å². The summed E-state index contributed by atoms with van der Waals surface area (Å²) in [6, 6.07) is 7.19. The van der Waals surface area contributed by atoms with Crippen molar-refractivity contribution in [3.05, 3.63) is 67.3 Å². The molecule has 4 aromatic rings. The number of hydrogen-bond acceptors (Lipinski definition) is 6. The number of rotatable bonds is 7. The summed E-state index contributed by atoms with van der Waals surface area (Å²) in [4.78, 5) is 23.8. The minimum atomic E-state index is -0.207. The van der Waals surface area contributed by atoms with Gasteiger partial charge >= 0.3 is 0 Å². The van der Waals surface area contributed by atoms with Crippen molar-refractivity contribution in [2.75, 3.05) is 7.11 Å². The van der Waals surface area contributed by atoms with Gasteiger partial charge in [0.05, 0.1) is 28.4 Å². The van der Waals surface area contributed by atoms with Gasteiger partial charge in [-0.1, -0.05) is 42.6 Å². The van der Waals surface area contributed by atoms with Crippen LogP contribution in [0.15, 0.2) is 34.2 Å². The minimum Gasteiger partial charge on any atom is -0.380 e. The topological polar surface area (TPSA) is 69.4 Å². The van der Waals surface area contributed by atoms with Crippen LogP contribution in [0.2, 0.25) is 10.0 Å². The maximum Gasteiger partial charge on any atom is 0.292 e. The Balaban J connectivity index is 1.93. The van der Waals surface area contributed by atoms with E-state index in [1.54, 1.807) is 31.5 Å². The highest BCUT2D eigenvalue weighted by Crippen LogP contribution is 2.33. The van der Waals surface area contributed by atoms with Crippen LogP contribution in [0.4, 0.5) is 0 Å². The fourth-order valence-corrected chi connectivity index (χ4v) is 4.98. The highest BCUT2D eigenvalue weighted by atomic mass is 35.5. The molecular formula is C23H22Cl2N4O2S. The lowest BCUT2D eigenvalue weighted by molar-refractivity contribution is 0.186. The zero-order valence-electron chi connectivity index (χ0n) is 18.0. The molecule has 0 aliphatic carbocycles. The molecule has 9 heteroatoms. The molecule has 32 heavy (non-hydrogen) atoms. The molecule has 0 aliphatic heterocycles. The number of fused-ring (bicyclic) bond motifs is 3. The molecule has 0 unspecified atom stereocenters. The molecule has 6 nitrogen and oxygen atoms in total. The van der Waals surface area contributed by atoms with Crippen LogP contribution in [0.5, 0.6) is 0 Å². The lowest BCUT2D eigenvalue weighted by atomic mass is 10.1. The number of thiophene rings is 1. The van der Waals surface area contributed by atoms with Gasteiger partial charge in [0, 0.05) is 24.6 Å². The molecule has 0 N–H and O–H groups in total. The maximum absolute atomic E-state index is 13.5. The van der Waals surface area contributed by atoms with Crippen molar-refractivity contribution in [2.45, 2.75) is 39.7 Å². The number of ether oxygens (including phenoxy) is 1. The second kappa shape index (κ2) is 9.67. The van der Waals surface area contributed by atoms with Gasteiger partial charge in [-0.3, -0.25) is 4.79 Å². The predicted octanol–water partition coefficient (Wildman–Crippen LogP) is 5.99. The van der Waals surface area contributed by atoms with Crippen molar-refractivity contribution < 1.29 is 4.74 Å². The molecule has 0 atom stereocenters. The quantitative estimate of drug-likeness (QED) is 0.299. The van der Waals surface area contributed by atoms with Crippen molar-refractivity contribution >= 4 is 61.2 Å². The standard InChI is InChI=1S/C23H22Cl2N4O2S/c1-4-5-6-18-28-20-19-15(12-31-3)9-13(2)27-22(19)32-21(20)23(30)29(18)26-11-14-7-8-16(24)17(25)10-14/h7-11H,4-6,12H2,1-3H3. The normalized spacial score (nSPS) is 11.9. The van der Waals surface area contributed by atoms with E-state index < -0.39 is 0 Å². The van der Waals surface area contributed by atoms with Gasteiger partial charge in [-0.25, -0.2) is 9.97 Å². The van der Waals surface area contributed by atoms with E-state index in [1.807, 2.05) is 13.0 Å². The number of aromatic nitrogens is 3. The number of nitrogens with zero attached hydrogens (tertiary/aromatic N) is 4. The Morgan fingerprint density at radius 3 is 2.75 bits per heavy atom. The first-order valence-corrected chi connectivity index (χ1v) is 11.8. The van der Waals surface area contributed by atoms with Crippen molar-refractivity contribution in [3.8, 4) is 0 Å². The lowest BCUT2D eigenvalue weighted by Crippen LogP contribution is -2.21. The zero-order valence-corrected chi connectivity index (χ0v) is 20.3. The molecule has 0 amide bonds. The van der Waals surface area contributed by atoms with E-state index in [9.17, 15) is 4.79 Å². The largest absolute Gasteiger partial charge is 0.380 e. The fraction of sp³-hybridized carbons (Fsp3) is 0.304. The molecule has 0 saturated carbocycles. The summed E-state index contributed by atoms with van der Waals surface area (Å²) in [6.07, 6.45) is 4.10. The molecule has 0 saturated heterocycles. The molecule has 4 rings (SSSR count). The van der Waals surface area contributed by atoms with Gasteiger partial charge in [-0.05, 0) is 42.7 Å². The Morgan fingerprint density at radius 1 is 1.22 bits per heavy atom. The highest BCUT2D eigenvalue weighted by Gasteiger charge is 2.19. The Kier molecular flexibility index (Phi) is 6.90. The van der Waals surface area contributed by atoms with Crippen molar-refractivity contribution in [1.29, 1.82) is 0 Å². The van der Waals surface area contributed by atoms with Crippen LogP contribution in [-0.4, -0.2) is 28.0 Å². The van der Waals surface area contributed by atoms with Crippen LogP contribution in [0.1, 0.15) is 42.4 Å². The van der Waals surface area contributed by atoms with Crippen molar-refractivity contribution in [2.24, 2.45) is 5.10 Å².